The Morgan fingerprint density at radius 3 is 2.50 bits per heavy atom. The van der Waals surface area contributed by atoms with E-state index in [4.69, 9.17) is 0 Å². The van der Waals surface area contributed by atoms with Crippen LogP contribution in [-0.4, -0.2) is 16.6 Å². The Balaban J connectivity index is 1.97. The number of benzene rings is 1. The quantitative estimate of drug-likeness (QED) is 0.856. The Bertz CT molecular complexity index is 422. The minimum absolute atomic E-state index is 0.217. The van der Waals surface area contributed by atoms with Gasteiger partial charge in [-0.25, -0.2) is 0 Å². The number of carbonyl (C=O) groups excluding carboxylic acids is 1. The molecule has 0 radical (unpaired) electrons. The van der Waals surface area contributed by atoms with Crippen LogP contribution < -0.4 is 5.32 Å². The van der Waals surface area contributed by atoms with Crippen molar-refractivity contribution in [2.75, 3.05) is 0 Å². The van der Waals surface area contributed by atoms with Gasteiger partial charge in [-0.2, -0.15) is 0 Å². The van der Waals surface area contributed by atoms with Gasteiger partial charge in [0.05, 0.1) is 0 Å². The molecule has 1 aliphatic rings. The van der Waals surface area contributed by atoms with E-state index in [9.17, 15) is 9.90 Å². The second kappa shape index (κ2) is 5.53. The Morgan fingerprint density at radius 1 is 1.28 bits per heavy atom. The normalized spacial score (nSPS) is 17.7. The fourth-order valence-electron chi connectivity index (χ4n) is 2.60. The van der Waals surface area contributed by atoms with Crippen molar-refractivity contribution in [2.45, 2.75) is 51.2 Å². The Labute approximate surface area is 108 Å². The van der Waals surface area contributed by atoms with Gasteiger partial charge in [0.2, 0.25) is 0 Å². The minimum atomic E-state index is -1.12. The summed E-state index contributed by atoms with van der Waals surface area (Å²) in [6.07, 6.45) is 4.02. The number of amides is 1. The van der Waals surface area contributed by atoms with Gasteiger partial charge in [-0.05, 0) is 43.2 Å². The predicted octanol–water partition coefficient (Wildman–Crippen LogP) is 2.17. The molecule has 1 amide bonds. The fraction of sp³-hybridized carbons (Fsp3) is 0.533. The van der Waals surface area contributed by atoms with Crippen LogP contribution in [0.25, 0.3) is 0 Å². The Morgan fingerprint density at radius 2 is 1.89 bits per heavy atom. The van der Waals surface area contributed by atoms with E-state index < -0.39 is 5.60 Å². The molecule has 1 aromatic rings. The largest absolute Gasteiger partial charge is 0.380 e. The molecule has 2 N–H and O–H groups in total. The van der Waals surface area contributed by atoms with E-state index in [1.54, 1.807) is 0 Å². The van der Waals surface area contributed by atoms with Crippen molar-refractivity contribution in [3.63, 3.8) is 0 Å². The van der Waals surface area contributed by atoms with E-state index in [-0.39, 0.29) is 5.91 Å². The average molecular weight is 247 g/mol. The zero-order valence-electron chi connectivity index (χ0n) is 10.9. The first kappa shape index (κ1) is 13.1. The Hall–Kier alpha value is -1.35. The maximum atomic E-state index is 12.0. The second-order valence-electron chi connectivity index (χ2n) is 5.04. The molecule has 0 bridgehead atoms. The lowest BCUT2D eigenvalue weighted by Gasteiger charge is -2.21. The zero-order chi connectivity index (χ0) is 13.0. The van der Waals surface area contributed by atoms with E-state index in [1.165, 1.54) is 5.56 Å². The number of aryl methyl sites for hydroxylation is 1. The number of hydrogen-bond donors (Lipinski definition) is 2. The van der Waals surface area contributed by atoms with E-state index >= 15 is 0 Å². The summed E-state index contributed by atoms with van der Waals surface area (Å²) in [5.41, 5.74) is 1.26. The van der Waals surface area contributed by atoms with Crippen LogP contribution in [0.3, 0.4) is 0 Å². The first-order chi connectivity index (χ1) is 8.65. The van der Waals surface area contributed by atoms with Crippen LogP contribution in [0.4, 0.5) is 0 Å². The highest BCUT2D eigenvalue weighted by Gasteiger charge is 2.38. The van der Waals surface area contributed by atoms with Crippen molar-refractivity contribution in [1.29, 1.82) is 0 Å². The van der Waals surface area contributed by atoms with E-state index in [0.29, 0.717) is 19.4 Å². The van der Waals surface area contributed by atoms with Crippen molar-refractivity contribution in [2.24, 2.45) is 0 Å². The molecule has 0 saturated heterocycles. The predicted molar refractivity (Wildman–Crippen MR) is 71.1 cm³/mol. The van der Waals surface area contributed by atoms with Crippen molar-refractivity contribution in [1.82, 2.24) is 5.32 Å². The molecule has 3 nitrogen and oxygen atoms in total. The van der Waals surface area contributed by atoms with Gasteiger partial charge < -0.3 is 10.4 Å². The number of nitrogens with one attached hydrogen (secondary N) is 1. The fourth-order valence-corrected chi connectivity index (χ4v) is 2.60. The molecule has 1 aliphatic carbocycles. The molecule has 0 heterocycles. The molecule has 0 atom stereocenters. The van der Waals surface area contributed by atoms with Crippen LogP contribution in [0.2, 0.25) is 0 Å². The molecule has 98 valence electrons. The third-order valence-corrected chi connectivity index (χ3v) is 3.79. The third kappa shape index (κ3) is 2.72. The van der Waals surface area contributed by atoms with Crippen molar-refractivity contribution in [3.05, 3.63) is 35.4 Å². The standard InChI is InChI=1S/C15H21NO2/c1-2-12-7-3-4-8-13(12)11-16-14(17)15(18)9-5-6-10-15/h3-4,7-8,18H,2,5-6,9-11H2,1H3,(H,16,17). The first-order valence-electron chi connectivity index (χ1n) is 6.73. The van der Waals surface area contributed by atoms with Gasteiger partial charge in [0.25, 0.3) is 5.91 Å². The maximum Gasteiger partial charge on any atom is 0.252 e. The van der Waals surface area contributed by atoms with Crippen LogP contribution in [0.1, 0.15) is 43.7 Å². The molecule has 1 saturated carbocycles. The monoisotopic (exact) mass is 247 g/mol. The highest BCUT2D eigenvalue weighted by atomic mass is 16.3. The van der Waals surface area contributed by atoms with Crippen LogP contribution in [0.5, 0.6) is 0 Å². The van der Waals surface area contributed by atoms with Crippen LogP contribution in [0, 0.1) is 0 Å². The molecule has 18 heavy (non-hydrogen) atoms. The van der Waals surface area contributed by atoms with Gasteiger partial charge in [0, 0.05) is 6.54 Å². The van der Waals surface area contributed by atoms with Crippen LogP contribution >= 0.6 is 0 Å². The number of carbonyl (C=O) groups is 1. The molecule has 0 spiro atoms. The summed E-state index contributed by atoms with van der Waals surface area (Å²) in [6, 6.07) is 8.09. The number of hydrogen-bond acceptors (Lipinski definition) is 2. The molecule has 0 aliphatic heterocycles. The van der Waals surface area contributed by atoms with Crippen molar-refractivity contribution < 1.29 is 9.90 Å². The highest BCUT2D eigenvalue weighted by Crippen LogP contribution is 2.29. The molecular weight excluding hydrogens is 226 g/mol. The SMILES string of the molecule is CCc1ccccc1CNC(=O)C1(O)CCCC1. The molecule has 3 heteroatoms. The zero-order valence-corrected chi connectivity index (χ0v) is 10.9. The molecule has 0 aromatic heterocycles. The summed E-state index contributed by atoms with van der Waals surface area (Å²) in [6.45, 7) is 2.61. The Kier molecular flexibility index (Phi) is 4.02. The number of aliphatic hydroxyl groups is 1. The van der Waals surface area contributed by atoms with Crippen LogP contribution in [-0.2, 0) is 17.8 Å². The molecule has 1 aromatic carbocycles. The van der Waals surface area contributed by atoms with Gasteiger partial charge in [-0.15, -0.1) is 0 Å². The molecule has 0 unspecified atom stereocenters. The smallest absolute Gasteiger partial charge is 0.252 e. The minimum Gasteiger partial charge on any atom is -0.380 e. The van der Waals surface area contributed by atoms with Crippen molar-refractivity contribution >= 4 is 5.91 Å². The molecular formula is C15H21NO2. The van der Waals surface area contributed by atoms with E-state index in [2.05, 4.69) is 18.3 Å². The van der Waals surface area contributed by atoms with E-state index in [0.717, 1.165) is 24.8 Å². The third-order valence-electron chi connectivity index (χ3n) is 3.79. The van der Waals surface area contributed by atoms with Crippen LogP contribution in [0.15, 0.2) is 24.3 Å². The highest BCUT2D eigenvalue weighted by molar-refractivity contribution is 5.85. The van der Waals surface area contributed by atoms with Gasteiger partial charge in [-0.3, -0.25) is 4.79 Å². The second-order valence-corrected chi connectivity index (χ2v) is 5.04. The van der Waals surface area contributed by atoms with Gasteiger partial charge >= 0.3 is 0 Å². The van der Waals surface area contributed by atoms with E-state index in [1.807, 2.05) is 18.2 Å². The summed E-state index contributed by atoms with van der Waals surface area (Å²) < 4.78 is 0. The lowest BCUT2D eigenvalue weighted by atomic mass is 10.0. The summed E-state index contributed by atoms with van der Waals surface area (Å²) in [4.78, 5) is 12.0. The van der Waals surface area contributed by atoms with Gasteiger partial charge in [-0.1, -0.05) is 31.2 Å². The summed E-state index contributed by atoms with van der Waals surface area (Å²) in [5, 5.41) is 13.0. The van der Waals surface area contributed by atoms with Gasteiger partial charge in [0.1, 0.15) is 5.60 Å². The average Bonchev–Trinajstić information content (AvgIpc) is 2.84. The summed E-state index contributed by atoms with van der Waals surface area (Å²) in [5.74, 6) is -0.217. The maximum absolute atomic E-state index is 12.0. The summed E-state index contributed by atoms with van der Waals surface area (Å²) in [7, 11) is 0. The molecule has 2 rings (SSSR count). The van der Waals surface area contributed by atoms with Gasteiger partial charge in [0.15, 0.2) is 0 Å². The topological polar surface area (TPSA) is 49.3 Å². The lowest BCUT2D eigenvalue weighted by molar-refractivity contribution is -0.139. The molecule has 1 fully saturated rings. The first-order valence-corrected chi connectivity index (χ1v) is 6.73. The summed E-state index contributed by atoms with van der Waals surface area (Å²) >= 11 is 0. The lowest BCUT2D eigenvalue weighted by Crippen LogP contribution is -2.44. The number of rotatable bonds is 4. The van der Waals surface area contributed by atoms with Crippen molar-refractivity contribution in [3.8, 4) is 0 Å².